The molecule has 0 N–H and O–H groups in total. The molecular weight excluding hydrogens is 207 g/mol. The van der Waals surface area contributed by atoms with Crippen LogP contribution in [-0.2, 0) is 9.36 Å². The van der Waals surface area contributed by atoms with Crippen LogP contribution < -0.4 is 14.2 Å². The summed E-state index contributed by atoms with van der Waals surface area (Å²) in [4.78, 5) is 20.7. The topological polar surface area (TPSA) is 75.7 Å². The van der Waals surface area contributed by atoms with E-state index in [0.717, 1.165) is 0 Å². The normalized spacial score (nSPS) is 10.6. The fourth-order valence-corrected chi connectivity index (χ4v) is 1.11. The predicted octanol–water partition coefficient (Wildman–Crippen LogP) is 1.01. The highest BCUT2D eigenvalue weighted by molar-refractivity contribution is 7.31. The average molecular weight is 214 g/mol. The maximum Gasteiger partial charge on any atom is 0.539 e. The molecule has 0 aliphatic rings. The number of carbonyl (C=O) groups is 1. The first-order chi connectivity index (χ1) is 6.58. The van der Waals surface area contributed by atoms with Crippen molar-refractivity contribution in [3.05, 3.63) is 24.3 Å². The molecule has 0 spiro atoms. The van der Waals surface area contributed by atoms with Gasteiger partial charge in [0.15, 0.2) is 5.75 Å². The van der Waals surface area contributed by atoms with Gasteiger partial charge in [-0.15, -0.1) is 0 Å². The van der Waals surface area contributed by atoms with Crippen molar-refractivity contribution in [3.63, 3.8) is 0 Å². The van der Waals surface area contributed by atoms with Crippen LogP contribution in [0.5, 0.6) is 11.5 Å². The Morgan fingerprint density at radius 3 is 2.21 bits per heavy atom. The minimum absolute atomic E-state index is 0.178. The molecule has 0 radical (unpaired) electrons. The van der Waals surface area contributed by atoms with Crippen LogP contribution in [0.3, 0.4) is 0 Å². The molecule has 6 heteroatoms. The van der Waals surface area contributed by atoms with E-state index in [0.29, 0.717) is 5.75 Å². The minimum atomic E-state index is -2.91. The molecule has 1 aromatic carbocycles. The molecule has 0 saturated carbocycles. The Morgan fingerprint density at radius 1 is 1.29 bits per heavy atom. The molecule has 0 heterocycles. The van der Waals surface area contributed by atoms with Gasteiger partial charge in [0, 0.05) is 6.92 Å². The van der Waals surface area contributed by atoms with Gasteiger partial charge in [0.2, 0.25) is 0 Å². The Kier molecular flexibility index (Phi) is 3.56. The quantitative estimate of drug-likeness (QED) is 0.426. The van der Waals surface area contributed by atoms with Crippen LogP contribution in [0.2, 0.25) is 0 Å². The molecule has 0 saturated heterocycles. The van der Waals surface area contributed by atoms with E-state index in [1.807, 2.05) is 0 Å². The number of esters is 1. The van der Waals surface area contributed by atoms with Crippen LogP contribution in [0.4, 0.5) is 0 Å². The van der Waals surface area contributed by atoms with E-state index in [2.05, 4.69) is 4.52 Å². The fraction of sp³-hybridized carbons (Fsp3) is 0.125. The number of hydrogen-bond donors (Lipinski definition) is 0. The average Bonchev–Trinajstić information content (AvgIpc) is 2.06. The maximum atomic E-state index is 10.5. The van der Waals surface area contributed by atoms with Crippen molar-refractivity contribution in [2.24, 2.45) is 0 Å². The van der Waals surface area contributed by atoms with Crippen molar-refractivity contribution in [1.29, 1.82) is 0 Å². The molecule has 1 unspecified atom stereocenters. The molecule has 1 atom stereocenters. The third-order valence-electron chi connectivity index (χ3n) is 1.27. The summed E-state index contributed by atoms with van der Waals surface area (Å²) in [6.45, 7) is 1.28. The second-order valence-corrected chi connectivity index (χ2v) is 3.01. The molecule has 0 aromatic heterocycles. The highest BCUT2D eigenvalue weighted by Gasteiger charge is 2.05. The highest BCUT2D eigenvalue weighted by atomic mass is 31.1. The second-order valence-electron chi connectivity index (χ2n) is 2.38. The largest absolute Gasteiger partial charge is 0.558 e. The van der Waals surface area contributed by atoms with Gasteiger partial charge >= 0.3 is 14.2 Å². The van der Waals surface area contributed by atoms with Gasteiger partial charge in [-0.1, -0.05) is 0 Å². The third kappa shape index (κ3) is 3.51. The highest BCUT2D eigenvalue weighted by Crippen LogP contribution is 2.22. The number of rotatable bonds is 3. The lowest BCUT2D eigenvalue weighted by molar-refractivity contribution is -0.178. The van der Waals surface area contributed by atoms with Gasteiger partial charge in [-0.25, -0.2) is 0 Å². The van der Waals surface area contributed by atoms with E-state index >= 15 is 0 Å². The van der Waals surface area contributed by atoms with Crippen molar-refractivity contribution in [1.82, 2.24) is 0 Å². The molecule has 74 valence electrons. The Labute approximate surface area is 81.2 Å². The molecule has 0 fully saturated rings. The first-order valence-corrected chi connectivity index (χ1v) is 4.78. The van der Waals surface area contributed by atoms with Crippen molar-refractivity contribution in [2.75, 3.05) is 0 Å². The molecule has 1 rings (SSSR count). The Hall–Kier alpha value is -1.45. The number of carbonyl (C=O) groups excluding carboxylic acids is 1. The Morgan fingerprint density at radius 2 is 1.79 bits per heavy atom. The van der Waals surface area contributed by atoms with Gasteiger partial charge in [-0.2, -0.15) is 0 Å². The molecule has 14 heavy (non-hydrogen) atoms. The summed E-state index contributed by atoms with van der Waals surface area (Å²) in [6, 6.07) is 5.66. The summed E-state index contributed by atoms with van der Waals surface area (Å²) in [6.07, 6.45) is 0. The fourth-order valence-electron chi connectivity index (χ4n) is 0.821. The molecule has 1 aromatic rings. The molecule has 0 aliphatic heterocycles. The molecule has 0 bridgehead atoms. The Balaban J connectivity index is 2.68. The van der Waals surface area contributed by atoms with Gasteiger partial charge < -0.3 is 9.63 Å². The molecule has 0 amide bonds. The van der Waals surface area contributed by atoms with Crippen molar-refractivity contribution in [3.8, 4) is 11.5 Å². The number of ether oxygens (including phenoxy) is 1. The smallest absolute Gasteiger partial charge is 0.539 e. The first-order valence-electron chi connectivity index (χ1n) is 3.69. The Bertz CT molecular complexity index is 310. The van der Waals surface area contributed by atoms with Gasteiger partial charge in [0.05, 0.1) is 0 Å². The zero-order valence-electron chi connectivity index (χ0n) is 7.30. The number of benzene rings is 1. The third-order valence-corrected chi connectivity index (χ3v) is 1.63. The summed E-state index contributed by atoms with van der Waals surface area (Å²) in [7, 11) is -2.91. The predicted molar refractivity (Wildman–Crippen MR) is 46.0 cm³/mol. The molecular formula is C8H7O5P. The zero-order valence-corrected chi connectivity index (χ0v) is 8.19. The van der Waals surface area contributed by atoms with Crippen LogP contribution in [0.1, 0.15) is 6.92 Å². The lowest BCUT2D eigenvalue weighted by Crippen LogP contribution is -2.01. The van der Waals surface area contributed by atoms with E-state index in [9.17, 15) is 14.3 Å². The summed E-state index contributed by atoms with van der Waals surface area (Å²) in [5.41, 5.74) is 0. The van der Waals surface area contributed by atoms with Crippen LogP contribution >= 0.6 is 8.25 Å². The van der Waals surface area contributed by atoms with Gasteiger partial charge in [-0.05, 0) is 28.8 Å². The van der Waals surface area contributed by atoms with E-state index in [-0.39, 0.29) is 5.75 Å². The van der Waals surface area contributed by atoms with Gasteiger partial charge in [0.1, 0.15) is 5.75 Å². The van der Waals surface area contributed by atoms with E-state index in [4.69, 9.17) is 4.74 Å². The molecule has 0 aliphatic carbocycles. The zero-order chi connectivity index (χ0) is 10.6. The monoisotopic (exact) mass is 214 g/mol. The van der Waals surface area contributed by atoms with Gasteiger partial charge in [0.25, 0.3) is 0 Å². The summed E-state index contributed by atoms with van der Waals surface area (Å²) in [5.74, 6) is 0.0801. The van der Waals surface area contributed by atoms with E-state index < -0.39 is 14.2 Å². The number of hydrogen-bond acceptors (Lipinski definition) is 5. The summed E-state index contributed by atoms with van der Waals surface area (Å²) < 4.78 is 19.3. The molecule has 5 nitrogen and oxygen atoms in total. The van der Waals surface area contributed by atoms with Crippen LogP contribution in [0, 0.1) is 0 Å². The second kappa shape index (κ2) is 4.69. The van der Waals surface area contributed by atoms with Crippen LogP contribution in [0.25, 0.3) is 0 Å². The van der Waals surface area contributed by atoms with Crippen LogP contribution in [0.15, 0.2) is 24.3 Å². The lowest BCUT2D eigenvalue weighted by Gasteiger charge is -2.00. The van der Waals surface area contributed by atoms with Crippen molar-refractivity contribution < 1.29 is 23.5 Å². The summed E-state index contributed by atoms with van der Waals surface area (Å²) >= 11 is 0. The SMILES string of the molecule is CC(=O)Oc1ccc(O[P+](=O)[O-])cc1. The standard InChI is InChI=1S/C8H7O5P/c1-6(9)12-7-2-4-8(5-3-7)13-14(10)11/h2-5H,1H3. The lowest BCUT2D eigenvalue weighted by atomic mass is 10.3. The minimum Gasteiger partial charge on any atom is -0.558 e. The van der Waals surface area contributed by atoms with Gasteiger partial charge in [-0.3, -0.25) is 9.32 Å². The van der Waals surface area contributed by atoms with Crippen molar-refractivity contribution >= 4 is 14.2 Å². The van der Waals surface area contributed by atoms with Crippen molar-refractivity contribution in [2.45, 2.75) is 6.92 Å². The summed E-state index contributed by atoms with van der Waals surface area (Å²) in [5, 5.41) is 0. The maximum absolute atomic E-state index is 10.5. The van der Waals surface area contributed by atoms with E-state index in [1.54, 1.807) is 0 Å². The van der Waals surface area contributed by atoms with E-state index in [1.165, 1.54) is 31.2 Å². The first kappa shape index (κ1) is 10.6. The van der Waals surface area contributed by atoms with Crippen LogP contribution in [-0.4, -0.2) is 5.97 Å².